The molecule has 0 fully saturated rings. The second-order valence-corrected chi connectivity index (χ2v) is 4.19. The van der Waals surface area contributed by atoms with E-state index in [1.165, 1.54) is 5.56 Å². The molecule has 0 bridgehead atoms. The van der Waals surface area contributed by atoms with Crippen molar-refractivity contribution in [3.05, 3.63) is 29.3 Å². The molecule has 0 saturated carbocycles. The van der Waals surface area contributed by atoms with Crippen LogP contribution in [-0.4, -0.2) is 23.4 Å². The van der Waals surface area contributed by atoms with Gasteiger partial charge in [0.1, 0.15) is 5.75 Å². The summed E-state index contributed by atoms with van der Waals surface area (Å²) in [6, 6.07) is 5.88. The first-order chi connectivity index (χ1) is 7.81. The fourth-order valence-corrected chi connectivity index (χ4v) is 2.07. The second kappa shape index (κ2) is 5.32. The number of hydrogen-bond acceptors (Lipinski definition) is 3. The SMILES string of the molecule is OCCCCOc1ccc2c(c1)CC[C@H]2O. The summed E-state index contributed by atoms with van der Waals surface area (Å²) in [5, 5.41) is 18.3. The number of fused-ring (bicyclic) bond motifs is 1. The first-order valence-corrected chi connectivity index (χ1v) is 5.86. The molecule has 3 heteroatoms. The van der Waals surface area contributed by atoms with Gasteiger partial charge < -0.3 is 14.9 Å². The highest BCUT2D eigenvalue weighted by atomic mass is 16.5. The molecule has 0 unspecified atom stereocenters. The maximum absolute atomic E-state index is 9.65. The van der Waals surface area contributed by atoms with Crippen LogP contribution >= 0.6 is 0 Å². The molecule has 0 radical (unpaired) electrons. The summed E-state index contributed by atoms with van der Waals surface area (Å²) in [5.74, 6) is 0.866. The minimum atomic E-state index is -0.293. The molecular weight excluding hydrogens is 204 g/mol. The van der Waals surface area contributed by atoms with E-state index in [1.54, 1.807) is 0 Å². The van der Waals surface area contributed by atoms with Gasteiger partial charge >= 0.3 is 0 Å². The van der Waals surface area contributed by atoms with Crippen LogP contribution in [0.15, 0.2) is 18.2 Å². The van der Waals surface area contributed by atoms with Gasteiger partial charge in [0.2, 0.25) is 0 Å². The summed E-state index contributed by atoms with van der Waals surface area (Å²) < 4.78 is 5.58. The first-order valence-electron chi connectivity index (χ1n) is 5.86. The van der Waals surface area contributed by atoms with Gasteiger partial charge in [-0.1, -0.05) is 6.07 Å². The molecule has 1 aromatic rings. The van der Waals surface area contributed by atoms with Crippen LogP contribution in [0.1, 0.15) is 36.5 Å². The van der Waals surface area contributed by atoms with E-state index in [9.17, 15) is 5.11 Å². The third-order valence-electron chi connectivity index (χ3n) is 2.98. The van der Waals surface area contributed by atoms with E-state index in [0.717, 1.165) is 37.0 Å². The van der Waals surface area contributed by atoms with Crippen molar-refractivity contribution in [1.82, 2.24) is 0 Å². The van der Waals surface area contributed by atoms with Crippen LogP contribution in [0.2, 0.25) is 0 Å². The number of benzene rings is 1. The van der Waals surface area contributed by atoms with Crippen molar-refractivity contribution in [2.24, 2.45) is 0 Å². The van der Waals surface area contributed by atoms with E-state index in [2.05, 4.69) is 0 Å². The number of unbranched alkanes of at least 4 members (excludes halogenated alkanes) is 1. The van der Waals surface area contributed by atoms with Crippen molar-refractivity contribution < 1.29 is 14.9 Å². The van der Waals surface area contributed by atoms with Crippen LogP contribution in [-0.2, 0) is 6.42 Å². The molecular formula is C13H18O3. The number of hydrogen-bond donors (Lipinski definition) is 2. The zero-order valence-electron chi connectivity index (χ0n) is 9.35. The van der Waals surface area contributed by atoms with Crippen LogP contribution < -0.4 is 4.74 Å². The number of rotatable bonds is 5. The van der Waals surface area contributed by atoms with Crippen molar-refractivity contribution in [1.29, 1.82) is 0 Å². The van der Waals surface area contributed by atoms with Crippen LogP contribution in [0.3, 0.4) is 0 Å². The predicted octanol–water partition coefficient (Wildman–Crippen LogP) is 1.82. The summed E-state index contributed by atoms with van der Waals surface area (Å²) in [6.45, 7) is 0.863. The zero-order chi connectivity index (χ0) is 11.4. The highest BCUT2D eigenvalue weighted by Crippen LogP contribution is 2.33. The van der Waals surface area contributed by atoms with Gasteiger partial charge in [0.05, 0.1) is 12.7 Å². The normalized spacial score (nSPS) is 18.5. The molecule has 0 aliphatic heterocycles. The summed E-state index contributed by atoms with van der Waals surface area (Å²) in [4.78, 5) is 0. The highest BCUT2D eigenvalue weighted by Gasteiger charge is 2.20. The fraction of sp³-hybridized carbons (Fsp3) is 0.538. The molecule has 1 aliphatic rings. The van der Waals surface area contributed by atoms with Gasteiger partial charge in [0.25, 0.3) is 0 Å². The van der Waals surface area contributed by atoms with Gasteiger partial charge in [-0.15, -0.1) is 0 Å². The minimum Gasteiger partial charge on any atom is -0.494 e. The lowest BCUT2D eigenvalue weighted by Crippen LogP contribution is -1.99. The monoisotopic (exact) mass is 222 g/mol. The Bertz CT molecular complexity index is 349. The van der Waals surface area contributed by atoms with Crippen molar-refractivity contribution in [2.75, 3.05) is 13.2 Å². The molecule has 0 aromatic heterocycles. The molecule has 16 heavy (non-hydrogen) atoms. The second-order valence-electron chi connectivity index (χ2n) is 4.19. The Morgan fingerprint density at radius 1 is 1.31 bits per heavy atom. The molecule has 0 saturated heterocycles. The average Bonchev–Trinajstić information content (AvgIpc) is 2.66. The fourth-order valence-electron chi connectivity index (χ4n) is 2.07. The maximum atomic E-state index is 9.65. The lowest BCUT2D eigenvalue weighted by atomic mass is 10.1. The molecule has 1 aliphatic carbocycles. The average molecular weight is 222 g/mol. The summed E-state index contributed by atoms with van der Waals surface area (Å²) >= 11 is 0. The third kappa shape index (κ3) is 2.54. The van der Waals surface area contributed by atoms with Crippen LogP contribution in [0, 0.1) is 0 Å². The van der Waals surface area contributed by atoms with Gasteiger partial charge in [-0.2, -0.15) is 0 Å². The van der Waals surface area contributed by atoms with Crippen LogP contribution in [0.5, 0.6) is 5.75 Å². The Balaban J connectivity index is 1.92. The van der Waals surface area contributed by atoms with Gasteiger partial charge in [0, 0.05) is 6.61 Å². The Kier molecular flexibility index (Phi) is 3.80. The molecule has 0 amide bonds. The molecule has 2 N–H and O–H groups in total. The van der Waals surface area contributed by atoms with Crippen molar-refractivity contribution >= 4 is 0 Å². The van der Waals surface area contributed by atoms with Crippen LogP contribution in [0.4, 0.5) is 0 Å². The number of aryl methyl sites for hydroxylation is 1. The number of ether oxygens (including phenoxy) is 1. The summed E-state index contributed by atoms with van der Waals surface area (Å²) in [5.41, 5.74) is 2.25. The quantitative estimate of drug-likeness (QED) is 0.747. The Morgan fingerprint density at radius 3 is 3.00 bits per heavy atom. The highest BCUT2D eigenvalue weighted by molar-refractivity contribution is 5.39. The van der Waals surface area contributed by atoms with Gasteiger partial charge in [-0.25, -0.2) is 0 Å². The van der Waals surface area contributed by atoms with Gasteiger partial charge in [-0.3, -0.25) is 0 Å². The van der Waals surface area contributed by atoms with Crippen LogP contribution in [0.25, 0.3) is 0 Å². The molecule has 1 aromatic carbocycles. The largest absolute Gasteiger partial charge is 0.494 e. The smallest absolute Gasteiger partial charge is 0.119 e. The lowest BCUT2D eigenvalue weighted by Gasteiger charge is -2.08. The molecule has 3 nitrogen and oxygen atoms in total. The van der Waals surface area contributed by atoms with E-state index >= 15 is 0 Å². The molecule has 2 rings (SSSR count). The third-order valence-corrected chi connectivity index (χ3v) is 2.98. The van der Waals surface area contributed by atoms with Crippen molar-refractivity contribution in [3.8, 4) is 5.75 Å². The van der Waals surface area contributed by atoms with Gasteiger partial charge in [-0.05, 0) is 48.9 Å². The lowest BCUT2D eigenvalue weighted by molar-refractivity contribution is 0.180. The Morgan fingerprint density at radius 2 is 2.19 bits per heavy atom. The van der Waals surface area contributed by atoms with E-state index in [0.29, 0.717) is 6.61 Å². The van der Waals surface area contributed by atoms with Crippen molar-refractivity contribution in [3.63, 3.8) is 0 Å². The first kappa shape index (κ1) is 11.4. The van der Waals surface area contributed by atoms with E-state index < -0.39 is 0 Å². The molecule has 88 valence electrons. The standard InChI is InChI=1S/C13H18O3/c14-7-1-2-8-16-11-4-5-12-10(9-11)3-6-13(12)15/h4-5,9,13-15H,1-3,6-8H2/t13-/m1/s1. The van der Waals surface area contributed by atoms with Crippen molar-refractivity contribution in [2.45, 2.75) is 31.8 Å². The van der Waals surface area contributed by atoms with Gasteiger partial charge in [0.15, 0.2) is 0 Å². The minimum absolute atomic E-state index is 0.222. The zero-order valence-corrected chi connectivity index (χ0v) is 9.35. The molecule has 0 spiro atoms. The molecule has 1 atom stereocenters. The van der Waals surface area contributed by atoms with E-state index in [-0.39, 0.29) is 12.7 Å². The summed E-state index contributed by atoms with van der Waals surface area (Å²) in [7, 11) is 0. The summed E-state index contributed by atoms with van der Waals surface area (Å²) in [6.07, 6.45) is 3.12. The predicted molar refractivity (Wildman–Crippen MR) is 61.5 cm³/mol. The van der Waals surface area contributed by atoms with E-state index in [1.807, 2.05) is 18.2 Å². The Hall–Kier alpha value is -1.06. The number of aliphatic hydroxyl groups is 2. The van der Waals surface area contributed by atoms with E-state index in [4.69, 9.17) is 9.84 Å². The number of aliphatic hydroxyl groups excluding tert-OH is 2. The molecule has 0 heterocycles. The maximum Gasteiger partial charge on any atom is 0.119 e. The topological polar surface area (TPSA) is 49.7 Å². The Labute approximate surface area is 95.7 Å².